The quantitative estimate of drug-likeness (QED) is 0.694. The third kappa shape index (κ3) is 7.58. The van der Waals surface area contributed by atoms with E-state index in [9.17, 15) is 4.79 Å². The van der Waals surface area contributed by atoms with Gasteiger partial charge in [0.25, 0.3) is 0 Å². The lowest BCUT2D eigenvalue weighted by atomic mass is 10.2. The Balaban J connectivity index is 1.51. The molecule has 1 aromatic rings. The Hall–Kier alpha value is -1.20. The number of hydrogen-bond donors (Lipinski definition) is 1. The van der Waals surface area contributed by atoms with Gasteiger partial charge in [-0.1, -0.05) is 25.0 Å². The average Bonchev–Trinajstić information content (AvgIpc) is 2.88. The number of rotatable bonds is 9. The second-order valence-electron chi connectivity index (χ2n) is 6.30. The highest BCUT2D eigenvalue weighted by molar-refractivity contribution is 7.99. The Morgan fingerprint density at radius 1 is 1.17 bits per heavy atom. The second kappa shape index (κ2) is 11.4. The zero-order valence-electron chi connectivity index (χ0n) is 14.8. The standard InChI is InChI=1S/C19H30N2O2S/c1-23-18-9-7-17(8-10-18)15-24-16-19(22)20-11-6-14-21-12-4-2-3-5-13-21/h7-10H,2-6,11-16H2,1H3,(H,20,22). The summed E-state index contributed by atoms with van der Waals surface area (Å²) in [5, 5.41) is 3.04. The molecule has 1 heterocycles. The van der Waals surface area contributed by atoms with Crippen molar-refractivity contribution in [3.63, 3.8) is 0 Å². The van der Waals surface area contributed by atoms with Crippen molar-refractivity contribution in [2.75, 3.05) is 39.0 Å². The summed E-state index contributed by atoms with van der Waals surface area (Å²) in [6.07, 6.45) is 6.45. The van der Waals surface area contributed by atoms with Crippen LogP contribution in [0.5, 0.6) is 5.75 Å². The fraction of sp³-hybridized carbons (Fsp3) is 0.632. The molecule has 4 nitrogen and oxygen atoms in total. The number of nitrogens with one attached hydrogen (secondary N) is 1. The fourth-order valence-electron chi connectivity index (χ4n) is 2.92. The summed E-state index contributed by atoms with van der Waals surface area (Å²) in [5.41, 5.74) is 1.22. The van der Waals surface area contributed by atoms with Crippen molar-refractivity contribution in [3.8, 4) is 5.75 Å². The molecule has 1 saturated heterocycles. The van der Waals surface area contributed by atoms with E-state index in [-0.39, 0.29) is 5.91 Å². The lowest BCUT2D eigenvalue weighted by Crippen LogP contribution is -2.31. The molecular formula is C19H30N2O2S. The van der Waals surface area contributed by atoms with E-state index in [0.717, 1.165) is 31.0 Å². The van der Waals surface area contributed by atoms with E-state index < -0.39 is 0 Å². The van der Waals surface area contributed by atoms with Crippen LogP contribution in [-0.4, -0.2) is 49.8 Å². The Kier molecular flexibility index (Phi) is 9.06. The van der Waals surface area contributed by atoms with Gasteiger partial charge < -0.3 is 15.0 Å². The maximum absolute atomic E-state index is 11.9. The molecule has 24 heavy (non-hydrogen) atoms. The van der Waals surface area contributed by atoms with E-state index in [1.165, 1.54) is 44.3 Å². The van der Waals surface area contributed by atoms with Gasteiger partial charge >= 0.3 is 0 Å². The van der Waals surface area contributed by atoms with Gasteiger partial charge in [0.1, 0.15) is 5.75 Å². The van der Waals surface area contributed by atoms with Crippen LogP contribution in [0.3, 0.4) is 0 Å². The number of carbonyl (C=O) groups excluding carboxylic acids is 1. The topological polar surface area (TPSA) is 41.6 Å². The van der Waals surface area contributed by atoms with Crippen molar-refractivity contribution in [2.45, 2.75) is 37.9 Å². The largest absolute Gasteiger partial charge is 0.497 e. The van der Waals surface area contributed by atoms with Crippen LogP contribution in [0.4, 0.5) is 0 Å². The molecule has 134 valence electrons. The SMILES string of the molecule is COc1ccc(CSCC(=O)NCCCN2CCCCCC2)cc1. The van der Waals surface area contributed by atoms with Crippen molar-refractivity contribution in [1.82, 2.24) is 10.2 Å². The molecule has 1 aliphatic heterocycles. The molecule has 1 N–H and O–H groups in total. The molecule has 1 amide bonds. The second-order valence-corrected chi connectivity index (χ2v) is 7.29. The first kappa shape index (κ1) is 19.1. The van der Waals surface area contributed by atoms with Crippen LogP contribution in [0.15, 0.2) is 24.3 Å². The lowest BCUT2D eigenvalue weighted by Gasteiger charge is -2.19. The van der Waals surface area contributed by atoms with Crippen molar-refractivity contribution in [3.05, 3.63) is 29.8 Å². The number of thioether (sulfide) groups is 1. The van der Waals surface area contributed by atoms with Gasteiger partial charge in [-0.25, -0.2) is 0 Å². The summed E-state index contributed by atoms with van der Waals surface area (Å²) >= 11 is 1.65. The van der Waals surface area contributed by atoms with Crippen LogP contribution in [0.1, 0.15) is 37.7 Å². The maximum Gasteiger partial charge on any atom is 0.230 e. The van der Waals surface area contributed by atoms with Gasteiger partial charge in [-0.2, -0.15) is 0 Å². The van der Waals surface area contributed by atoms with E-state index in [2.05, 4.69) is 10.2 Å². The first-order valence-corrected chi connectivity index (χ1v) is 10.1. The molecule has 1 fully saturated rings. The Morgan fingerprint density at radius 3 is 2.54 bits per heavy atom. The van der Waals surface area contributed by atoms with Gasteiger partial charge in [0.05, 0.1) is 12.9 Å². The third-order valence-electron chi connectivity index (χ3n) is 4.33. The molecular weight excluding hydrogens is 320 g/mol. The number of nitrogens with zero attached hydrogens (tertiary/aromatic N) is 1. The highest BCUT2D eigenvalue weighted by atomic mass is 32.2. The maximum atomic E-state index is 11.9. The van der Waals surface area contributed by atoms with Crippen molar-refractivity contribution in [1.29, 1.82) is 0 Å². The summed E-state index contributed by atoms with van der Waals surface area (Å²) in [6.45, 7) is 4.36. The molecule has 0 bridgehead atoms. The van der Waals surface area contributed by atoms with E-state index in [0.29, 0.717) is 5.75 Å². The van der Waals surface area contributed by atoms with Crippen LogP contribution in [0.25, 0.3) is 0 Å². The van der Waals surface area contributed by atoms with E-state index >= 15 is 0 Å². The van der Waals surface area contributed by atoms with E-state index in [4.69, 9.17) is 4.74 Å². The molecule has 0 unspecified atom stereocenters. The number of benzene rings is 1. The number of hydrogen-bond acceptors (Lipinski definition) is 4. The van der Waals surface area contributed by atoms with Gasteiger partial charge in [-0.3, -0.25) is 4.79 Å². The predicted octanol–water partition coefficient (Wildman–Crippen LogP) is 3.31. The Morgan fingerprint density at radius 2 is 1.88 bits per heavy atom. The Bertz CT molecular complexity index is 471. The smallest absolute Gasteiger partial charge is 0.230 e. The summed E-state index contributed by atoms with van der Waals surface area (Å²) < 4.78 is 5.14. The van der Waals surface area contributed by atoms with Gasteiger partial charge in [0.15, 0.2) is 0 Å². The van der Waals surface area contributed by atoms with Gasteiger partial charge in [0, 0.05) is 12.3 Å². The molecule has 0 radical (unpaired) electrons. The normalized spacial score (nSPS) is 15.7. The van der Waals surface area contributed by atoms with Crippen LogP contribution in [0, 0.1) is 0 Å². The predicted molar refractivity (Wildman–Crippen MR) is 102 cm³/mol. The average molecular weight is 351 g/mol. The van der Waals surface area contributed by atoms with Crippen LogP contribution >= 0.6 is 11.8 Å². The molecule has 5 heteroatoms. The van der Waals surface area contributed by atoms with Gasteiger partial charge in [0.2, 0.25) is 5.91 Å². The molecule has 1 aromatic carbocycles. The molecule has 2 rings (SSSR count). The van der Waals surface area contributed by atoms with Crippen LogP contribution in [0.2, 0.25) is 0 Å². The highest BCUT2D eigenvalue weighted by Crippen LogP contribution is 2.16. The first-order chi connectivity index (χ1) is 11.8. The summed E-state index contributed by atoms with van der Waals surface area (Å²) in [7, 11) is 1.67. The van der Waals surface area contributed by atoms with Crippen molar-refractivity contribution >= 4 is 17.7 Å². The van der Waals surface area contributed by atoms with Gasteiger partial charge in [-0.15, -0.1) is 11.8 Å². The number of ether oxygens (including phenoxy) is 1. The number of methoxy groups -OCH3 is 1. The van der Waals surface area contributed by atoms with Crippen molar-refractivity contribution in [2.24, 2.45) is 0 Å². The monoisotopic (exact) mass is 350 g/mol. The molecule has 0 atom stereocenters. The molecule has 0 spiro atoms. The summed E-state index contributed by atoms with van der Waals surface area (Å²) in [4.78, 5) is 14.4. The minimum absolute atomic E-state index is 0.143. The van der Waals surface area contributed by atoms with E-state index in [1.807, 2.05) is 24.3 Å². The van der Waals surface area contributed by atoms with Crippen LogP contribution in [-0.2, 0) is 10.5 Å². The number of amides is 1. The van der Waals surface area contributed by atoms with Crippen LogP contribution < -0.4 is 10.1 Å². The van der Waals surface area contributed by atoms with E-state index in [1.54, 1.807) is 18.9 Å². The number of carbonyl (C=O) groups is 1. The van der Waals surface area contributed by atoms with Gasteiger partial charge in [-0.05, 0) is 56.6 Å². The molecule has 0 aliphatic carbocycles. The number of likely N-dealkylation sites (tertiary alicyclic amines) is 1. The zero-order chi connectivity index (χ0) is 17.0. The molecule has 1 aliphatic rings. The summed E-state index contributed by atoms with van der Waals surface area (Å²) in [6, 6.07) is 8.01. The fourth-order valence-corrected chi connectivity index (χ4v) is 3.74. The minimum Gasteiger partial charge on any atom is -0.497 e. The highest BCUT2D eigenvalue weighted by Gasteiger charge is 2.08. The molecule has 0 aromatic heterocycles. The first-order valence-electron chi connectivity index (χ1n) is 8.97. The Labute approximate surface area is 150 Å². The zero-order valence-corrected chi connectivity index (χ0v) is 15.6. The molecule has 0 saturated carbocycles. The lowest BCUT2D eigenvalue weighted by molar-refractivity contribution is -0.118. The summed E-state index contributed by atoms with van der Waals surface area (Å²) in [5.74, 6) is 2.39. The minimum atomic E-state index is 0.143. The third-order valence-corrected chi connectivity index (χ3v) is 5.34. The van der Waals surface area contributed by atoms with Crippen molar-refractivity contribution < 1.29 is 9.53 Å².